The smallest absolute Gasteiger partial charge is 0.387 e. The molecule has 2 rings (SSSR count). The highest BCUT2D eigenvalue weighted by Crippen LogP contribution is 2.24. The zero-order valence-electron chi connectivity index (χ0n) is 11.2. The topological polar surface area (TPSA) is 21.3 Å². The monoisotopic (exact) mass is 297 g/mol. The molecule has 0 saturated heterocycles. The molecule has 108 valence electrons. The summed E-state index contributed by atoms with van der Waals surface area (Å²) in [6, 6.07) is 11.1. The number of hydrogen-bond donors (Lipinski definition) is 1. The Balaban J connectivity index is 2.02. The molecular formula is C15H17F2NOS. The van der Waals surface area contributed by atoms with Crippen molar-refractivity contribution in [3.8, 4) is 5.75 Å². The molecule has 0 amide bonds. The summed E-state index contributed by atoms with van der Waals surface area (Å²) in [5.41, 5.74) is 0.960. The van der Waals surface area contributed by atoms with Gasteiger partial charge in [0.1, 0.15) is 5.75 Å². The van der Waals surface area contributed by atoms with E-state index >= 15 is 0 Å². The van der Waals surface area contributed by atoms with Crippen LogP contribution in [0.15, 0.2) is 41.8 Å². The van der Waals surface area contributed by atoms with Gasteiger partial charge in [-0.15, -0.1) is 11.3 Å². The van der Waals surface area contributed by atoms with Crippen molar-refractivity contribution in [2.75, 3.05) is 7.05 Å². The van der Waals surface area contributed by atoms with Crippen LogP contribution in [0.1, 0.15) is 22.9 Å². The Morgan fingerprint density at radius 2 is 2.10 bits per heavy atom. The summed E-state index contributed by atoms with van der Waals surface area (Å²) in [7, 11) is 1.87. The van der Waals surface area contributed by atoms with Crippen LogP contribution in [0.5, 0.6) is 5.75 Å². The Morgan fingerprint density at radius 3 is 2.75 bits per heavy atom. The van der Waals surface area contributed by atoms with E-state index in [0.717, 1.165) is 18.4 Å². The quantitative estimate of drug-likeness (QED) is 0.825. The maximum atomic E-state index is 12.2. The minimum absolute atomic E-state index is 0.123. The van der Waals surface area contributed by atoms with Gasteiger partial charge >= 0.3 is 6.61 Å². The van der Waals surface area contributed by atoms with Crippen molar-refractivity contribution in [1.82, 2.24) is 5.32 Å². The van der Waals surface area contributed by atoms with E-state index in [1.807, 2.05) is 19.2 Å². The lowest BCUT2D eigenvalue weighted by molar-refractivity contribution is -0.0499. The summed E-state index contributed by atoms with van der Waals surface area (Å²) in [6.07, 6.45) is 1.87. The molecule has 0 saturated carbocycles. The fourth-order valence-corrected chi connectivity index (χ4v) is 2.85. The van der Waals surface area contributed by atoms with Gasteiger partial charge in [-0.1, -0.05) is 18.2 Å². The average Bonchev–Trinajstić information content (AvgIpc) is 2.92. The minimum atomic E-state index is -2.79. The summed E-state index contributed by atoms with van der Waals surface area (Å²) < 4.78 is 28.9. The van der Waals surface area contributed by atoms with Crippen LogP contribution < -0.4 is 10.1 Å². The predicted octanol–water partition coefficient (Wildman–Crippen LogP) is 4.24. The zero-order valence-corrected chi connectivity index (χ0v) is 12.0. The molecule has 0 aliphatic heterocycles. The molecule has 1 heterocycles. The van der Waals surface area contributed by atoms with Crippen LogP contribution >= 0.6 is 11.3 Å². The van der Waals surface area contributed by atoms with E-state index in [4.69, 9.17) is 0 Å². The Morgan fingerprint density at radius 1 is 1.25 bits per heavy atom. The minimum Gasteiger partial charge on any atom is -0.435 e. The first kappa shape index (κ1) is 14.9. The molecule has 1 aromatic carbocycles. The fourth-order valence-electron chi connectivity index (χ4n) is 2.13. The summed E-state index contributed by atoms with van der Waals surface area (Å²) in [6.45, 7) is -2.79. The normalized spacial score (nSPS) is 12.6. The molecule has 1 atom stereocenters. The second-order valence-corrected chi connectivity index (χ2v) is 5.44. The van der Waals surface area contributed by atoms with Crippen LogP contribution in [0.4, 0.5) is 8.78 Å². The standard InChI is InChI=1S/C15H17F2NOS/c1-18-14(8-7-13-6-3-9-20-13)11-4-2-5-12(10-11)19-15(16)17/h2-6,9-10,14-15,18H,7-8H2,1H3. The zero-order chi connectivity index (χ0) is 14.4. The number of ether oxygens (including phenoxy) is 1. The Bertz CT molecular complexity index is 516. The second kappa shape index (κ2) is 7.36. The van der Waals surface area contributed by atoms with Crippen molar-refractivity contribution in [3.63, 3.8) is 0 Å². The third kappa shape index (κ3) is 4.28. The first-order valence-corrected chi connectivity index (χ1v) is 7.31. The van der Waals surface area contributed by atoms with Gasteiger partial charge in [0.2, 0.25) is 0 Å². The van der Waals surface area contributed by atoms with Crippen molar-refractivity contribution in [3.05, 3.63) is 52.2 Å². The van der Waals surface area contributed by atoms with Gasteiger partial charge in [0, 0.05) is 10.9 Å². The number of aryl methyl sites for hydroxylation is 1. The largest absolute Gasteiger partial charge is 0.435 e. The number of nitrogens with one attached hydrogen (secondary N) is 1. The lowest BCUT2D eigenvalue weighted by atomic mass is 10.0. The van der Waals surface area contributed by atoms with Crippen molar-refractivity contribution in [2.45, 2.75) is 25.5 Å². The van der Waals surface area contributed by atoms with Crippen molar-refractivity contribution >= 4 is 11.3 Å². The molecule has 2 nitrogen and oxygen atoms in total. The third-order valence-electron chi connectivity index (χ3n) is 3.09. The van der Waals surface area contributed by atoms with Gasteiger partial charge in [-0.2, -0.15) is 8.78 Å². The molecule has 1 unspecified atom stereocenters. The van der Waals surface area contributed by atoms with Gasteiger partial charge in [0.05, 0.1) is 0 Å². The maximum Gasteiger partial charge on any atom is 0.387 e. The molecule has 0 aliphatic rings. The third-order valence-corrected chi connectivity index (χ3v) is 4.03. The molecule has 20 heavy (non-hydrogen) atoms. The van der Waals surface area contributed by atoms with Crippen LogP contribution in [-0.2, 0) is 6.42 Å². The van der Waals surface area contributed by atoms with Crippen molar-refractivity contribution in [1.29, 1.82) is 0 Å². The number of alkyl halides is 2. The summed E-state index contributed by atoms with van der Waals surface area (Å²) in [5.74, 6) is 0.203. The summed E-state index contributed by atoms with van der Waals surface area (Å²) in [4.78, 5) is 1.32. The molecule has 2 aromatic rings. The van der Waals surface area contributed by atoms with Crippen LogP contribution in [0, 0.1) is 0 Å². The Labute approximate surface area is 121 Å². The van der Waals surface area contributed by atoms with Gasteiger partial charge in [-0.3, -0.25) is 0 Å². The number of halogens is 2. The molecule has 0 fully saturated rings. The van der Waals surface area contributed by atoms with Crippen LogP contribution in [0.3, 0.4) is 0 Å². The number of hydrogen-bond acceptors (Lipinski definition) is 3. The Hall–Kier alpha value is -1.46. The highest BCUT2D eigenvalue weighted by atomic mass is 32.1. The average molecular weight is 297 g/mol. The highest BCUT2D eigenvalue weighted by molar-refractivity contribution is 7.09. The highest BCUT2D eigenvalue weighted by Gasteiger charge is 2.12. The number of benzene rings is 1. The van der Waals surface area contributed by atoms with Crippen LogP contribution in [0.2, 0.25) is 0 Å². The van der Waals surface area contributed by atoms with E-state index in [1.54, 1.807) is 29.5 Å². The molecule has 1 N–H and O–H groups in total. The molecule has 0 radical (unpaired) electrons. The fraction of sp³-hybridized carbons (Fsp3) is 0.333. The first-order chi connectivity index (χ1) is 9.69. The molecule has 0 spiro atoms. The summed E-state index contributed by atoms with van der Waals surface area (Å²) in [5, 5.41) is 5.28. The van der Waals surface area contributed by atoms with Crippen molar-refractivity contribution in [2.24, 2.45) is 0 Å². The van der Waals surface area contributed by atoms with Gasteiger partial charge in [-0.25, -0.2) is 0 Å². The summed E-state index contributed by atoms with van der Waals surface area (Å²) >= 11 is 1.73. The van der Waals surface area contributed by atoms with E-state index < -0.39 is 6.61 Å². The maximum absolute atomic E-state index is 12.2. The lowest BCUT2D eigenvalue weighted by Crippen LogP contribution is -2.17. The second-order valence-electron chi connectivity index (χ2n) is 4.41. The lowest BCUT2D eigenvalue weighted by Gasteiger charge is -2.17. The molecule has 0 aliphatic carbocycles. The molecular weight excluding hydrogens is 280 g/mol. The van der Waals surface area contributed by atoms with E-state index in [1.165, 1.54) is 4.88 Å². The van der Waals surface area contributed by atoms with Crippen LogP contribution in [-0.4, -0.2) is 13.7 Å². The first-order valence-electron chi connectivity index (χ1n) is 6.43. The SMILES string of the molecule is CNC(CCc1cccs1)c1cccc(OC(F)F)c1. The molecule has 0 bridgehead atoms. The number of thiophene rings is 1. The van der Waals surface area contributed by atoms with E-state index in [2.05, 4.69) is 21.5 Å². The Kier molecular flexibility index (Phi) is 5.49. The predicted molar refractivity (Wildman–Crippen MR) is 77.5 cm³/mol. The van der Waals surface area contributed by atoms with E-state index in [0.29, 0.717) is 0 Å². The number of rotatable bonds is 7. The van der Waals surface area contributed by atoms with Gasteiger partial charge in [0.25, 0.3) is 0 Å². The molecule has 5 heteroatoms. The molecule has 1 aromatic heterocycles. The van der Waals surface area contributed by atoms with Crippen LogP contribution in [0.25, 0.3) is 0 Å². The van der Waals surface area contributed by atoms with E-state index in [9.17, 15) is 8.78 Å². The van der Waals surface area contributed by atoms with Gasteiger partial charge in [-0.05, 0) is 49.0 Å². The van der Waals surface area contributed by atoms with Crippen molar-refractivity contribution < 1.29 is 13.5 Å². The van der Waals surface area contributed by atoms with Gasteiger partial charge < -0.3 is 10.1 Å². The van der Waals surface area contributed by atoms with Gasteiger partial charge in [0.15, 0.2) is 0 Å². The van der Waals surface area contributed by atoms with E-state index in [-0.39, 0.29) is 11.8 Å².